The van der Waals surface area contributed by atoms with Crippen molar-refractivity contribution in [2.75, 3.05) is 5.73 Å². The van der Waals surface area contributed by atoms with Crippen LogP contribution in [0.2, 0.25) is 0 Å². The largest absolute Gasteiger partial charge is 0.417 e. The van der Waals surface area contributed by atoms with Gasteiger partial charge < -0.3 is 5.73 Å². The fourth-order valence-corrected chi connectivity index (χ4v) is 1.96. The van der Waals surface area contributed by atoms with Crippen LogP contribution in [0.15, 0.2) is 36.7 Å². The highest BCUT2D eigenvalue weighted by Crippen LogP contribution is 2.37. The number of fused-ring (bicyclic) bond motifs is 1. The lowest BCUT2D eigenvalue weighted by Crippen LogP contribution is -2.08. The van der Waals surface area contributed by atoms with E-state index >= 15 is 0 Å². The molecule has 2 aromatic heterocycles. The van der Waals surface area contributed by atoms with Crippen LogP contribution < -0.4 is 5.73 Å². The Hall–Kier alpha value is -2.64. The van der Waals surface area contributed by atoms with Crippen LogP contribution in [0.5, 0.6) is 0 Å². The second kappa shape index (κ2) is 4.19. The van der Waals surface area contributed by atoms with Crippen LogP contribution in [0, 0.1) is 0 Å². The van der Waals surface area contributed by atoms with Crippen LogP contribution in [0.3, 0.4) is 0 Å². The molecule has 8 heteroatoms. The smallest absolute Gasteiger partial charge is 0.366 e. The van der Waals surface area contributed by atoms with Gasteiger partial charge in [-0.1, -0.05) is 18.2 Å². The van der Waals surface area contributed by atoms with Gasteiger partial charge in [0.15, 0.2) is 5.65 Å². The Morgan fingerprint density at radius 3 is 2.65 bits per heavy atom. The number of nitrogen functional groups attached to an aromatic ring is 1. The Bertz CT molecular complexity index is 778. The van der Waals surface area contributed by atoms with Gasteiger partial charge in [0.2, 0.25) is 5.95 Å². The molecule has 0 saturated heterocycles. The van der Waals surface area contributed by atoms with Crippen molar-refractivity contribution >= 4 is 11.6 Å². The Kier molecular flexibility index (Phi) is 2.60. The number of rotatable bonds is 1. The molecule has 0 radical (unpaired) electrons. The molecule has 3 rings (SSSR count). The molecule has 0 saturated carbocycles. The van der Waals surface area contributed by atoms with Gasteiger partial charge in [-0.05, 0) is 6.07 Å². The predicted octanol–water partition coefficient (Wildman–Crippen LogP) is 2.39. The monoisotopic (exact) mass is 279 g/mol. The molecule has 0 aliphatic rings. The van der Waals surface area contributed by atoms with Gasteiger partial charge in [-0.15, -0.1) is 5.10 Å². The number of hydrogen-bond acceptors (Lipinski definition) is 4. The molecule has 0 unspecified atom stereocenters. The Morgan fingerprint density at radius 2 is 1.90 bits per heavy atom. The molecule has 0 aliphatic heterocycles. The van der Waals surface area contributed by atoms with E-state index in [0.29, 0.717) is 0 Å². The molecule has 5 nitrogen and oxygen atoms in total. The first-order valence-electron chi connectivity index (χ1n) is 5.60. The summed E-state index contributed by atoms with van der Waals surface area (Å²) in [6, 6.07) is 5.18. The summed E-state index contributed by atoms with van der Waals surface area (Å²) in [7, 11) is 0. The van der Waals surface area contributed by atoms with Crippen molar-refractivity contribution in [3.8, 4) is 11.3 Å². The molecule has 0 atom stereocenters. The summed E-state index contributed by atoms with van der Waals surface area (Å²) in [5, 5.41) is 3.85. The maximum atomic E-state index is 13.0. The highest BCUT2D eigenvalue weighted by atomic mass is 19.4. The minimum atomic E-state index is -4.48. The summed E-state index contributed by atoms with van der Waals surface area (Å²) in [4.78, 5) is 7.90. The molecule has 0 aliphatic carbocycles. The van der Waals surface area contributed by atoms with E-state index in [0.717, 1.165) is 6.07 Å². The molecule has 102 valence electrons. The van der Waals surface area contributed by atoms with Crippen molar-refractivity contribution in [3.05, 3.63) is 42.2 Å². The van der Waals surface area contributed by atoms with Crippen molar-refractivity contribution in [2.45, 2.75) is 6.18 Å². The van der Waals surface area contributed by atoms with Crippen molar-refractivity contribution in [1.82, 2.24) is 19.6 Å². The van der Waals surface area contributed by atoms with E-state index in [4.69, 9.17) is 5.73 Å². The van der Waals surface area contributed by atoms with Crippen LogP contribution in [-0.2, 0) is 6.18 Å². The van der Waals surface area contributed by atoms with E-state index < -0.39 is 11.7 Å². The summed E-state index contributed by atoms with van der Waals surface area (Å²) in [6.45, 7) is 0. The fourth-order valence-electron chi connectivity index (χ4n) is 1.96. The molecule has 20 heavy (non-hydrogen) atoms. The molecule has 3 aromatic rings. The lowest BCUT2D eigenvalue weighted by molar-refractivity contribution is -0.137. The lowest BCUT2D eigenvalue weighted by Gasteiger charge is -2.12. The van der Waals surface area contributed by atoms with Gasteiger partial charge in [0.05, 0.1) is 5.56 Å². The average molecular weight is 279 g/mol. The topological polar surface area (TPSA) is 69.1 Å². The zero-order valence-electron chi connectivity index (χ0n) is 9.96. The van der Waals surface area contributed by atoms with E-state index in [-0.39, 0.29) is 22.9 Å². The summed E-state index contributed by atoms with van der Waals surface area (Å²) in [5.41, 5.74) is 4.90. The third-order valence-electron chi connectivity index (χ3n) is 2.76. The van der Waals surface area contributed by atoms with Crippen LogP contribution in [0.25, 0.3) is 16.9 Å². The van der Waals surface area contributed by atoms with Crippen LogP contribution in [0.1, 0.15) is 5.56 Å². The van der Waals surface area contributed by atoms with Crippen molar-refractivity contribution < 1.29 is 13.2 Å². The highest BCUT2D eigenvalue weighted by Gasteiger charge is 2.34. The Balaban J connectivity index is 2.32. The molecule has 0 fully saturated rings. The van der Waals surface area contributed by atoms with E-state index in [1.54, 1.807) is 0 Å². The van der Waals surface area contributed by atoms with Gasteiger partial charge in [0, 0.05) is 18.0 Å². The summed E-state index contributed by atoms with van der Waals surface area (Å²) < 4.78 is 40.4. The third kappa shape index (κ3) is 1.94. The number of nitrogens with zero attached hydrogens (tertiary/aromatic N) is 4. The zero-order valence-corrected chi connectivity index (χ0v) is 9.96. The number of halogens is 3. The number of nitrogens with two attached hydrogens (primary N) is 1. The fraction of sp³-hybridized carbons (Fsp3) is 0.0833. The molecule has 0 bridgehead atoms. The maximum absolute atomic E-state index is 13.0. The first kappa shape index (κ1) is 12.4. The number of benzene rings is 1. The molecule has 0 amide bonds. The second-order valence-electron chi connectivity index (χ2n) is 4.06. The SMILES string of the molecule is Nc1nc2c(-c3ccccc3C(F)(F)F)nccn2n1. The predicted molar refractivity (Wildman–Crippen MR) is 65.6 cm³/mol. The molecular formula is C12H8F3N5. The average Bonchev–Trinajstić information content (AvgIpc) is 2.77. The highest BCUT2D eigenvalue weighted by molar-refractivity contribution is 5.76. The van der Waals surface area contributed by atoms with E-state index in [1.165, 1.54) is 35.1 Å². The number of alkyl halides is 3. The Labute approximate surface area is 110 Å². The van der Waals surface area contributed by atoms with Crippen molar-refractivity contribution in [2.24, 2.45) is 0 Å². The first-order valence-corrected chi connectivity index (χ1v) is 5.60. The second-order valence-corrected chi connectivity index (χ2v) is 4.06. The molecule has 1 aromatic carbocycles. The lowest BCUT2D eigenvalue weighted by atomic mass is 10.0. The van der Waals surface area contributed by atoms with Gasteiger partial charge in [-0.3, -0.25) is 4.98 Å². The van der Waals surface area contributed by atoms with Gasteiger partial charge >= 0.3 is 6.18 Å². The van der Waals surface area contributed by atoms with Gasteiger partial charge in [-0.25, -0.2) is 4.52 Å². The van der Waals surface area contributed by atoms with Gasteiger partial charge in [-0.2, -0.15) is 18.2 Å². The zero-order chi connectivity index (χ0) is 14.3. The van der Waals surface area contributed by atoms with Crippen molar-refractivity contribution in [1.29, 1.82) is 0 Å². The maximum Gasteiger partial charge on any atom is 0.417 e. The van der Waals surface area contributed by atoms with Crippen LogP contribution in [-0.4, -0.2) is 19.6 Å². The van der Waals surface area contributed by atoms with Gasteiger partial charge in [0.25, 0.3) is 0 Å². The normalized spacial score (nSPS) is 11.9. The van der Waals surface area contributed by atoms with Gasteiger partial charge in [0.1, 0.15) is 5.69 Å². The number of hydrogen-bond donors (Lipinski definition) is 1. The summed E-state index contributed by atoms with van der Waals surface area (Å²) >= 11 is 0. The summed E-state index contributed by atoms with van der Waals surface area (Å²) in [5.74, 6) is -0.0243. The first-order chi connectivity index (χ1) is 9.47. The quantitative estimate of drug-likeness (QED) is 0.742. The van der Waals surface area contributed by atoms with E-state index in [9.17, 15) is 13.2 Å². The number of anilines is 1. The van der Waals surface area contributed by atoms with Crippen molar-refractivity contribution in [3.63, 3.8) is 0 Å². The number of aromatic nitrogens is 4. The van der Waals surface area contributed by atoms with Crippen LogP contribution in [0.4, 0.5) is 19.1 Å². The van der Waals surface area contributed by atoms with E-state index in [2.05, 4.69) is 15.1 Å². The minimum Gasteiger partial charge on any atom is -0.366 e. The summed E-state index contributed by atoms with van der Waals surface area (Å²) in [6.07, 6.45) is -1.65. The standard InChI is InChI=1S/C12H8F3N5/c13-12(14,15)8-4-2-1-3-7(8)9-10-18-11(16)19-20(10)6-5-17-9/h1-6H,(H2,16,19). The van der Waals surface area contributed by atoms with E-state index in [1.807, 2.05) is 0 Å². The minimum absolute atomic E-state index is 0.0243. The van der Waals surface area contributed by atoms with Crippen LogP contribution >= 0.6 is 0 Å². The Morgan fingerprint density at radius 1 is 1.15 bits per heavy atom. The third-order valence-corrected chi connectivity index (χ3v) is 2.76. The molecule has 2 N–H and O–H groups in total. The molecule has 0 spiro atoms. The molecular weight excluding hydrogens is 271 g/mol. The molecule has 2 heterocycles.